The Hall–Kier alpha value is -2.10. The summed E-state index contributed by atoms with van der Waals surface area (Å²) in [4.78, 5) is 11.9. The predicted octanol–water partition coefficient (Wildman–Crippen LogP) is 2.22. The Labute approximate surface area is 145 Å². The van der Waals surface area contributed by atoms with Gasteiger partial charge in [-0.05, 0) is 11.6 Å². The van der Waals surface area contributed by atoms with Crippen molar-refractivity contribution in [1.82, 2.24) is 14.5 Å². The second kappa shape index (κ2) is 8.13. The monoisotopic (exact) mass is 366 g/mol. The van der Waals surface area contributed by atoms with Gasteiger partial charge in [-0.15, -0.1) is 10.2 Å². The van der Waals surface area contributed by atoms with Crippen LogP contribution in [0.1, 0.15) is 19.4 Å². The molecule has 0 fully saturated rings. The van der Waals surface area contributed by atoms with E-state index in [4.69, 9.17) is 0 Å². The van der Waals surface area contributed by atoms with Crippen LogP contribution in [0.3, 0.4) is 0 Å². The predicted molar refractivity (Wildman–Crippen MR) is 94.1 cm³/mol. The Balaban J connectivity index is 2.06. The minimum atomic E-state index is -3.66. The fourth-order valence-corrected chi connectivity index (χ4v) is 4.42. The number of carbonyl (C=O) groups is 1. The van der Waals surface area contributed by atoms with Crippen LogP contribution in [0, 0.1) is 0 Å². The van der Waals surface area contributed by atoms with Gasteiger partial charge in [-0.1, -0.05) is 55.5 Å². The van der Waals surface area contributed by atoms with Crippen LogP contribution in [0.2, 0.25) is 0 Å². The van der Waals surface area contributed by atoms with E-state index in [1.165, 1.54) is 10.4 Å². The van der Waals surface area contributed by atoms with Crippen molar-refractivity contribution < 1.29 is 13.2 Å². The summed E-state index contributed by atoms with van der Waals surface area (Å²) in [7, 11) is -3.66. The number of rotatable bonds is 7. The number of amides is 1. The smallest absolute Gasteiger partial charge is 0.272 e. The number of sulfonamides is 1. The van der Waals surface area contributed by atoms with Crippen molar-refractivity contribution in [2.75, 3.05) is 18.4 Å². The maximum atomic E-state index is 12.3. The van der Waals surface area contributed by atoms with E-state index >= 15 is 0 Å². The van der Waals surface area contributed by atoms with E-state index in [9.17, 15) is 13.2 Å². The molecule has 0 spiro atoms. The SMILES string of the molecule is CCN(CC)S(=O)(=O)c1nnc(NC(=O)/C=C/c2ccccc2)s1. The van der Waals surface area contributed by atoms with Crippen LogP contribution in [0.4, 0.5) is 5.13 Å². The van der Waals surface area contributed by atoms with Gasteiger partial charge in [-0.3, -0.25) is 10.1 Å². The summed E-state index contributed by atoms with van der Waals surface area (Å²) in [6.45, 7) is 4.19. The zero-order valence-electron chi connectivity index (χ0n) is 13.3. The van der Waals surface area contributed by atoms with E-state index < -0.39 is 15.9 Å². The van der Waals surface area contributed by atoms with Gasteiger partial charge in [0.05, 0.1) is 0 Å². The molecule has 0 unspecified atom stereocenters. The van der Waals surface area contributed by atoms with Gasteiger partial charge >= 0.3 is 0 Å². The molecular weight excluding hydrogens is 348 g/mol. The minimum Gasteiger partial charge on any atom is -0.297 e. The average Bonchev–Trinajstić information content (AvgIpc) is 3.04. The van der Waals surface area contributed by atoms with Crippen molar-refractivity contribution in [2.45, 2.75) is 18.2 Å². The van der Waals surface area contributed by atoms with Crippen LogP contribution in [0.5, 0.6) is 0 Å². The molecule has 9 heteroatoms. The van der Waals surface area contributed by atoms with Crippen molar-refractivity contribution in [2.24, 2.45) is 0 Å². The third-order valence-corrected chi connectivity index (χ3v) is 6.36. The first-order valence-corrected chi connectivity index (χ1v) is 9.60. The minimum absolute atomic E-state index is 0.131. The molecule has 0 saturated carbocycles. The molecule has 2 aromatic rings. The summed E-state index contributed by atoms with van der Waals surface area (Å²) >= 11 is 0.831. The second-order valence-corrected chi connectivity index (χ2v) is 7.78. The van der Waals surface area contributed by atoms with Gasteiger partial charge in [-0.25, -0.2) is 8.42 Å². The van der Waals surface area contributed by atoms with Gasteiger partial charge < -0.3 is 0 Å². The average molecular weight is 366 g/mol. The summed E-state index contributed by atoms with van der Waals surface area (Å²) in [5.74, 6) is -0.401. The first-order chi connectivity index (χ1) is 11.5. The molecule has 0 saturated heterocycles. The number of benzene rings is 1. The summed E-state index contributed by atoms with van der Waals surface area (Å²) in [5, 5.41) is 10.1. The Morgan fingerprint density at radius 3 is 2.50 bits per heavy atom. The van der Waals surface area contributed by atoms with Gasteiger partial charge in [0.25, 0.3) is 10.0 Å². The number of hydrogen-bond donors (Lipinski definition) is 1. The molecule has 0 atom stereocenters. The molecule has 1 N–H and O–H groups in total. The third-order valence-electron chi connectivity index (χ3n) is 3.13. The summed E-state index contributed by atoms with van der Waals surface area (Å²) < 4.78 is 25.8. The summed E-state index contributed by atoms with van der Waals surface area (Å²) in [6, 6.07) is 9.35. The molecule has 1 heterocycles. The Kier molecular flexibility index (Phi) is 6.18. The van der Waals surface area contributed by atoms with Crippen molar-refractivity contribution >= 4 is 38.5 Å². The lowest BCUT2D eigenvalue weighted by atomic mass is 10.2. The topological polar surface area (TPSA) is 92.3 Å². The zero-order chi connectivity index (χ0) is 17.6. The number of nitrogens with one attached hydrogen (secondary N) is 1. The van der Waals surface area contributed by atoms with Gasteiger partial charge in [-0.2, -0.15) is 4.31 Å². The summed E-state index contributed by atoms with van der Waals surface area (Å²) in [5.41, 5.74) is 0.884. The van der Waals surface area contributed by atoms with E-state index in [-0.39, 0.29) is 9.47 Å². The lowest BCUT2D eigenvalue weighted by molar-refractivity contribution is -0.111. The Morgan fingerprint density at radius 2 is 1.88 bits per heavy atom. The number of hydrogen-bond acceptors (Lipinski definition) is 6. The van der Waals surface area contributed by atoms with Crippen molar-refractivity contribution in [3.63, 3.8) is 0 Å². The highest BCUT2D eigenvalue weighted by molar-refractivity contribution is 7.91. The van der Waals surface area contributed by atoms with Crippen molar-refractivity contribution in [3.8, 4) is 0 Å². The summed E-state index contributed by atoms with van der Waals surface area (Å²) in [6.07, 6.45) is 3.01. The lowest BCUT2D eigenvalue weighted by Gasteiger charge is -2.15. The highest BCUT2D eigenvalue weighted by Gasteiger charge is 2.26. The normalized spacial score (nSPS) is 12.0. The van der Waals surface area contributed by atoms with E-state index in [2.05, 4.69) is 15.5 Å². The van der Waals surface area contributed by atoms with E-state index in [1.807, 2.05) is 30.3 Å². The quantitative estimate of drug-likeness (QED) is 0.599. The van der Waals surface area contributed by atoms with Crippen LogP contribution in [0.25, 0.3) is 6.08 Å². The highest BCUT2D eigenvalue weighted by Crippen LogP contribution is 2.23. The number of aromatic nitrogens is 2. The molecule has 0 bridgehead atoms. The van der Waals surface area contributed by atoms with Crippen LogP contribution >= 0.6 is 11.3 Å². The van der Waals surface area contributed by atoms with Gasteiger partial charge in [0.15, 0.2) is 0 Å². The van der Waals surface area contributed by atoms with Crippen molar-refractivity contribution in [3.05, 3.63) is 42.0 Å². The van der Waals surface area contributed by atoms with Crippen LogP contribution < -0.4 is 5.32 Å². The largest absolute Gasteiger partial charge is 0.297 e. The van der Waals surface area contributed by atoms with E-state index in [0.717, 1.165) is 16.9 Å². The molecule has 0 aliphatic carbocycles. The molecule has 128 valence electrons. The maximum absolute atomic E-state index is 12.3. The molecular formula is C15H18N4O3S2. The lowest BCUT2D eigenvalue weighted by Crippen LogP contribution is -2.30. The first-order valence-electron chi connectivity index (χ1n) is 7.35. The van der Waals surface area contributed by atoms with E-state index in [1.54, 1.807) is 19.9 Å². The second-order valence-electron chi connectivity index (χ2n) is 4.70. The van der Waals surface area contributed by atoms with Crippen LogP contribution in [0.15, 0.2) is 40.7 Å². The maximum Gasteiger partial charge on any atom is 0.272 e. The standard InChI is InChI=1S/C15H18N4O3S2/c1-3-19(4-2)24(21,22)15-18-17-14(23-15)16-13(20)11-10-12-8-6-5-7-9-12/h5-11H,3-4H2,1-2H3,(H,16,17,20)/b11-10+. The van der Waals surface area contributed by atoms with Crippen LogP contribution in [-0.4, -0.2) is 41.9 Å². The molecule has 0 aliphatic rings. The molecule has 0 aliphatic heterocycles. The molecule has 1 aromatic carbocycles. The first kappa shape index (κ1) is 18.2. The van der Waals surface area contributed by atoms with Crippen LogP contribution in [-0.2, 0) is 14.8 Å². The third kappa shape index (κ3) is 4.47. The number of anilines is 1. The Morgan fingerprint density at radius 1 is 1.21 bits per heavy atom. The van der Waals surface area contributed by atoms with Gasteiger partial charge in [0.1, 0.15) is 0 Å². The van der Waals surface area contributed by atoms with Gasteiger partial charge in [0, 0.05) is 19.2 Å². The molecule has 24 heavy (non-hydrogen) atoms. The van der Waals surface area contributed by atoms with Gasteiger partial charge in [0.2, 0.25) is 15.4 Å². The molecule has 7 nitrogen and oxygen atoms in total. The molecule has 2 rings (SSSR count). The fraction of sp³-hybridized carbons (Fsp3) is 0.267. The molecule has 1 aromatic heterocycles. The molecule has 0 radical (unpaired) electrons. The van der Waals surface area contributed by atoms with Crippen molar-refractivity contribution in [1.29, 1.82) is 0 Å². The molecule has 1 amide bonds. The Bertz CT molecular complexity index is 812. The highest BCUT2D eigenvalue weighted by atomic mass is 32.2. The zero-order valence-corrected chi connectivity index (χ0v) is 15.0. The number of carbonyl (C=O) groups excluding carboxylic acids is 1. The van der Waals surface area contributed by atoms with E-state index in [0.29, 0.717) is 13.1 Å². The fourth-order valence-electron chi connectivity index (χ4n) is 1.92. The number of nitrogens with zero attached hydrogens (tertiary/aromatic N) is 3.